The molecule has 0 aliphatic rings. The minimum atomic E-state index is 0.606. The highest BCUT2D eigenvalue weighted by molar-refractivity contribution is 7.19. The van der Waals surface area contributed by atoms with Crippen molar-refractivity contribution in [2.24, 2.45) is 0 Å². The Kier molecular flexibility index (Phi) is 3.87. The van der Waals surface area contributed by atoms with E-state index in [0.29, 0.717) is 17.2 Å². The molecule has 0 radical (unpaired) electrons. The highest BCUT2D eigenvalue weighted by Crippen LogP contribution is 2.35. The summed E-state index contributed by atoms with van der Waals surface area (Å²) in [5.74, 6) is 0.606. The molecular formula is C21H12ClN7S. The lowest BCUT2D eigenvalue weighted by Gasteiger charge is -2.00. The number of nitrogens with one attached hydrogen (secondary N) is 2. The van der Waals surface area contributed by atoms with Crippen molar-refractivity contribution < 1.29 is 0 Å². The van der Waals surface area contributed by atoms with Crippen LogP contribution in [-0.2, 0) is 0 Å². The van der Waals surface area contributed by atoms with Crippen molar-refractivity contribution in [3.05, 3.63) is 65.4 Å². The number of imidazole rings is 1. The number of hydrogen-bond acceptors (Lipinski definition) is 6. The van der Waals surface area contributed by atoms with Gasteiger partial charge in [-0.1, -0.05) is 11.6 Å². The molecule has 30 heavy (non-hydrogen) atoms. The smallest absolute Gasteiger partial charge is 0.162 e. The molecule has 0 atom stereocenters. The fourth-order valence-electron chi connectivity index (χ4n) is 3.42. The minimum absolute atomic E-state index is 0.606. The van der Waals surface area contributed by atoms with E-state index < -0.39 is 0 Å². The van der Waals surface area contributed by atoms with Gasteiger partial charge in [0.15, 0.2) is 17.2 Å². The third-order valence-corrected chi connectivity index (χ3v) is 6.08. The quantitative estimate of drug-likeness (QED) is 0.395. The van der Waals surface area contributed by atoms with Crippen LogP contribution in [0.5, 0.6) is 0 Å². The number of halogens is 1. The molecule has 6 rings (SSSR count). The Balaban J connectivity index is 1.52. The van der Waals surface area contributed by atoms with Crippen LogP contribution in [0.4, 0.5) is 0 Å². The predicted molar refractivity (Wildman–Crippen MR) is 118 cm³/mol. The fraction of sp³-hybridized carbons (Fsp3) is 0. The normalized spacial score (nSPS) is 11.5. The number of H-pyrrole nitrogens is 2. The average molecular weight is 430 g/mol. The first-order valence-corrected chi connectivity index (χ1v) is 10.3. The fourth-order valence-corrected chi connectivity index (χ4v) is 4.49. The van der Waals surface area contributed by atoms with Gasteiger partial charge in [-0.25, -0.2) is 15.0 Å². The number of aromatic nitrogens is 7. The third-order valence-electron chi connectivity index (χ3n) is 4.81. The van der Waals surface area contributed by atoms with E-state index in [2.05, 4.69) is 25.1 Å². The van der Waals surface area contributed by atoms with Gasteiger partial charge in [-0.05, 0) is 42.5 Å². The molecule has 0 amide bonds. The number of thiophene rings is 1. The second kappa shape index (κ2) is 6.72. The van der Waals surface area contributed by atoms with Gasteiger partial charge in [0.2, 0.25) is 0 Å². The van der Waals surface area contributed by atoms with Crippen molar-refractivity contribution in [3.8, 4) is 33.2 Å². The van der Waals surface area contributed by atoms with Crippen LogP contribution >= 0.6 is 22.9 Å². The van der Waals surface area contributed by atoms with Crippen molar-refractivity contribution in [2.45, 2.75) is 0 Å². The minimum Gasteiger partial charge on any atom is -0.321 e. The Morgan fingerprint density at radius 2 is 1.90 bits per heavy atom. The molecule has 6 heterocycles. The van der Waals surface area contributed by atoms with Crippen molar-refractivity contribution in [2.75, 3.05) is 0 Å². The van der Waals surface area contributed by atoms with Crippen molar-refractivity contribution in [3.63, 3.8) is 0 Å². The van der Waals surface area contributed by atoms with Crippen LogP contribution in [0, 0.1) is 0 Å². The summed E-state index contributed by atoms with van der Waals surface area (Å²) in [5, 5.41) is 7.49. The Morgan fingerprint density at radius 3 is 2.73 bits per heavy atom. The van der Waals surface area contributed by atoms with Gasteiger partial charge in [0.25, 0.3) is 0 Å². The molecule has 6 aromatic heterocycles. The SMILES string of the molecule is Clc1ccc(-c2ccnc3[nH]c(-c4n[nH]c5ccc(-c6cccnc6)nc45)nc23)s1. The molecule has 0 aliphatic carbocycles. The van der Waals surface area contributed by atoms with Crippen LogP contribution in [0.1, 0.15) is 0 Å². The van der Waals surface area contributed by atoms with Gasteiger partial charge in [0, 0.05) is 34.6 Å². The van der Waals surface area contributed by atoms with Crippen LogP contribution in [0.15, 0.2) is 61.1 Å². The van der Waals surface area contributed by atoms with Gasteiger partial charge in [-0.15, -0.1) is 11.3 Å². The highest BCUT2D eigenvalue weighted by atomic mass is 35.5. The number of fused-ring (bicyclic) bond motifs is 2. The molecule has 144 valence electrons. The molecule has 6 aromatic rings. The van der Waals surface area contributed by atoms with Gasteiger partial charge in [-0.3, -0.25) is 10.1 Å². The van der Waals surface area contributed by atoms with E-state index in [0.717, 1.165) is 42.6 Å². The lowest BCUT2D eigenvalue weighted by molar-refractivity contribution is 1.10. The maximum atomic E-state index is 6.13. The van der Waals surface area contributed by atoms with Crippen LogP contribution in [-0.4, -0.2) is 35.1 Å². The van der Waals surface area contributed by atoms with Gasteiger partial charge in [0.05, 0.1) is 15.5 Å². The maximum Gasteiger partial charge on any atom is 0.162 e. The zero-order chi connectivity index (χ0) is 20.1. The van der Waals surface area contributed by atoms with Gasteiger partial charge < -0.3 is 4.98 Å². The van der Waals surface area contributed by atoms with E-state index in [1.165, 1.54) is 11.3 Å². The van der Waals surface area contributed by atoms with E-state index in [-0.39, 0.29) is 0 Å². The van der Waals surface area contributed by atoms with E-state index in [1.807, 2.05) is 42.5 Å². The molecule has 0 saturated carbocycles. The van der Waals surface area contributed by atoms with Gasteiger partial charge in [-0.2, -0.15) is 5.10 Å². The number of hydrogen-bond donors (Lipinski definition) is 2. The first-order valence-electron chi connectivity index (χ1n) is 9.12. The molecule has 9 heteroatoms. The van der Waals surface area contributed by atoms with Gasteiger partial charge >= 0.3 is 0 Å². The molecule has 0 fully saturated rings. The second-order valence-corrected chi connectivity index (χ2v) is 8.37. The van der Waals surface area contributed by atoms with Crippen LogP contribution < -0.4 is 0 Å². The molecule has 0 unspecified atom stereocenters. The Morgan fingerprint density at radius 1 is 0.933 bits per heavy atom. The van der Waals surface area contributed by atoms with Crippen LogP contribution in [0.25, 0.3) is 55.4 Å². The van der Waals surface area contributed by atoms with Crippen molar-refractivity contribution >= 4 is 45.1 Å². The Hall–Kier alpha value is -3.62. The molecule has 2 N–H and O–H groups in total. The number of aromatic amines is 2. The van der Waals surface area contributed by atoms with E-state index >= 15 is 0 Å². The summed E-state index contributed by atoms with van der Waals surface area (Å²) in [5.41, 5.74) is 6.40. The average Bonchev–Trinajstić information content (AvgIpc) is 3.51. The molecule has 0 aliphatic heterocycles. The Bertz CT molecular complexity index is 1520. The van der Waals surface area contributed by atoms with Crippen molar-refractivity contribution in [1.82, 2.24) is 35.1 Å². The summed E-state index contributed by atoms with van der Waals surface area (Å²) in [6.45, 7) is 0. The van der Waals surface area contributed by atoms with Gasteiger partial charge in [0.1, 0.15) is 11.0 Å². The monoisotopic (exact) mass is 429 g/mol. The van der Waals surface area contributed by atoms with Crippen molar-refractivity contribution in [1.29, 1.82) is 0 Å². The molecule has 7 nitrogen and oxygen atoms in total. The van der Waals surface area contributed by atoms with E-state index in [9.17, 15) is 0 Å². The lowest BCUT2D eigenvalue weighted by Crippen LogP contribution is -1.87. The summed E-state index contributed by atoms with van der Waals surface area (Å²) in [6.07, 6.45) is 5.29. The lowest BCUT2D eigenvalue weighted by atomic mass is 10.2. The molecule has 0 spiro atoms. The first kappa shape index (κ1) is 17.3. The molecule has 0 saturated heterocycles. The molecule has 0 aromatic carbocycles. The van der Waals surface area contributed by atoms with E-state index in [1.54, 1.807) is 18.6 Å². The highest BCUT2D eigenvalue weighted by Gasteiger charge is 2.17. The summed E-state index contributed by atoms with van der Waals surface area (Å²) >= 11 is 7.63. The zero-order valence-electron chi connectivity index (χ0n) is 15.3. The second-order valence-electron chi connectivity index (χ2n) is 6.65. The first-order chi connectivity index (χ1) is 14.8. The number of rotatable bonds is 3. The molecular weight excluding hydrogens is 418 g/mol. The topological polar surface area (TPSA) is 96.0 Å². The largest absolute Gasteiger partial charge is 0.321 e. The van der Waals surface area contributed by atoms with Crippen LogP contribution in [0.3, 0.4) is 0 Å². The summed E-state index contributed by atoms with van der Waals surface area (Å²) < 4.78 is 0.733. The summed E-state index contributed by atoms with van der Waals surface area (Å²) in [6, 6.07) is 13.6. The van der Waals surface area contributed by atoms with Crippen LogP contribution in [0.2, 0.25) is 4.34 Å². The molecule has 0 bridgehead atoms. The number of pyridine rings is 3. The maximum absolute atomic E-state index is 6.13. The summed E-state index contributed by atoms with van der Waals surface area (Å²) in [4.78, 5) is 22.5. The predicted octanol–water partition coefficient (Wildman–Crippen LogP) is 5.34. The zero-order valence-corrected chi connectivity index (χ0v) is 16.9. The van der Waals surface area contributed by atoms with E-state index in [4.69, 9.17) is 21.6 Å². The third kappa shape index (κ3) is 2.77. The Labute approximate surface area is 178 Å². The summed E-state index contributed by atoms with van der Waals surface area (Å²) in [7, 11) is 0. The standard InChI is InChI=1S/C21H12ClN7S/c22-16-6-5-15(30-16)12-7-9-24-20-17(12)26-21(27-20)19-18-14(28-29-19)4-3-13(25-18)11-2-1-8-23-10-11/h1-10H,(H,28,29)(H,24,26,27). The number of nitrogens with zero attached hydrogens (tertiary/aromatic N) is 5.